The van der Waals surface area contributed by atoms with Gasteiger partial charge in [-0.1, -0.05) is 12.5 Å². The standard InChI is InChI=1S/C18H27BrN2O/c1-12-6-15(17-8-14(9-20)10-21(17)2)18(16(19)7-12)22-11-13-4-3-5-13/h6-7,13-14,17H,3-5,8-11,20H2,1-2H3. The Kier molecular flexibility index (Phi) is 5.10. The molecule has 122 valence electrons. The van der Waals surface area contributed by atoms with Crippen molar-refractivity contribution in [3.63, 3.8) is 0 Å². The number of nitrogens with two attached hydrogens (primary N) is 1. The Morgan fingerprint density at radius 2 is 2.09 bits per heavy atom. The maximum atomic E-state index is 6.25. The van der Waals surface area contributed by atoms with Gasteiger partial charge in [0.2, 0.25) is 0 Å². The minimum Gasteiger partial charge on any atom is -0.492 e. The summed E-state index contributed by atoms with van der Waals surface area (Å²) in [6.07, 6.45) is 5.12. The molecule has 4 heteroatoms. The number of ether oxygens (including phenoxy) is 1. The predicted octanol–water partition coefficient (Wildman–Crippen LogP) is 3.89. The first-order chi connectivity index (χ1) is 10.6. The number of hydrogen-bond donors (Lipinski definition) is 1. The van der Waals surface area contributed by atoms with E-state index in [1.165, 1.54) is 30.4 Å². The highest BCUT2D eigenvalue weighted by atomic mass is 79.9. The molecule has 3 rings (SSSR count). The third kappa shape index (κ3) is 3.34. The summed E-state index contributed by atoms with van der Waals surface area (Å²) < 4.78 is 7.34. The van der Waals surface area contributed by atoms with Crippen molar-refractivity contribution in [3.05, 3.63) is 27.7 Å². The van der Waals surface area contributed by atoms with E-state index in [4.69, 9.17) is 10.5 Å². The topological polar surface area (TPSA) is 38.5 Å². The van der Waals surface area contributed by atoms with Crippen LogP contribution in [0.1, 0.15) is 42.9 Å². The molecule has 0 radical (unpaired) electrons. The molecule has 0 bridgehead atoms. The zero-order chi connectivity index (χ0) is 15.7. The van der Waals surface area contributed by atoms with Crippen molar-refractivity contribution in [2.45, 2.75) is 38.6 Å². The second-order valence-electron chi connectivity index (χ2n) is 7.07. The Balaban J connectivity index is 1.84. The van der Waals surface area contributed by atoms with Gasteiger partial charge in [-0.05, 0) is 79.2 Å². The fourth-order valence-corrected chi connectivity index (χ4v) is 4.36. The number of benzene rings is 1. The van der Waals surface area contributed by atoms with Gasteiger partial charge in [0.25, 0.3) is 0 Å². The molecule has 3 nitrogen and oxygen atoms in total. The monoisotopic (exact) mass is 366 g/mol. The van der Waals surface area contributed by atoms with E-state index in [0.717, 1.165) is 42.3 Å². The van der Waals surface area contributed by atoms with Crippen LogP contribution in [0.3, 0.4) is 0 Å². The Labute approximate surface area is 142 Å². The van der Waals surface area contributed by atoms with Gasteiger partial charge in [-0.3, -0.25) is 4.90 Å². The van der Waals surface area contributed by atoms with Crippen molar-refractivity contribution in [1.29, 1.82) is 0 Å². The molecule has 2 aliphatic rings. The third-order valence-corrected chi connectivity index (χ3v) is 5.82. The summed E-state index contributed by atoms with van der Waals surface area (Å²) in [6.45, 7) is 4.85. The molecule has 1 aromatic carbocycles. The van der Waals surface area contributed by atoms with Crippen molar-refractivity contribution in [1.82, 2.24) is 4.90 Å². The number of likely N-dealkylation sites (tertiary alicyclic amines) is 1. The van der Waals surface area contributed by atoms with Crippen LogP contribution in [-0.2, 0) is 0 Å². The van der Waals surface area contributed by atoms with Gasteiger partial charge >= 0.3 is 0 Å². The first kappa shape index (κ1) is 16.3. The molecule has 2 unspecified atom stereocenters. The van der Waals surface area contributed by atoms with Gasteiger partial charge in [-0.15, -0.1) is 0 Å². The van der Waals surface area contributed by atoms with Crippen molar-refractivity contribution in [2.75, 3.05) is 26.7 Å². The van der Waals surface area contributed by atoms with E-state index < -0.39 is 0 Å². The lowest BCUT2D eigenvalue weighted by Gasteiger charge is -2.28. The van der Waals surface area contributed by atoms with E-state index >= 15 is 0 Å². The second kappa shape index (κ2) is 6.90. The zero-order valence-electron chi connectivity index (χ0n) is 13.6. The number of halogens is 1. The molecular weight excluding hydrogens is 340 g/mol. The number of hydrogen-bond acceptors (Lipinski definition) is 3. The summed E-state index contributed by atoms with van der Waals surface area (Å²) in [4.78, 5) is 2.43. The molecule has 1 heterocycles. The molecule has 0 aromatic heterocycles. The first-order valence-corrected chi connectivity index (χ1v) is 9.21. The van der Waals surface area contributed by atoms with Crippen LogP contribution in [0.4, 0.5) is 0 Å². The van der Waals surface area contributed by atoms with Gasteiger partial charge in [0.15, 0.2) is 0 Å². The van der Waals surface area contributed by atoms with Gasteiger partial charge in [0.05, 0.1) is 11.1 Å². The van der Waals surface area contributed by atoms with Gasteiger partial charge in [-0.25, -0.2) is 0 Å². The average molecular weight is 367 g/mol. The molecule has 1 aliphatic heterocycles. The molecule has 1 saturated carbocycles. The summed E-state index contributed by atoms with van der Waals surface area (Å²) in [5.41, 5.74) is 8.49. The summed E-state index contributed by atoms with van der Waals surface area (Å²) in [5.74, 6) is 2.39. The smallest absolute Gasteiger partial charge is 0.138 e. The summed E-state index contributed by atoms with van der Waals surface area (Å²) in [7, 11) is 2.20. The Bertz CT molecular complexity index is 530. The second-order valence-corrected chi connectivity index (χ2v) is 7.92. The van der Waals surface area contributed by atoms with Crippen LogP contribution in [0.5, 0.6) is 5.75 Å². The number of rotatable bonds is 5. The fourth-order valence-electron chi connectivity index (χ4n) is 3.66. The molecule has 22 heavy (non-hydrogen) atoms. The normalized spacial score (nSPS) is 26.2. The largest absolute Gasteiger partial charge is 0.492 e. The van der Waals surface area contributed by atoms with Crippen molar-refractivity contribution in [2.24, 2.45) is 17.6 Å². The molecule has 0 spiro atoms. The van der Waals surface area contributed by atoms with Crippen LogP contribution in [0.25, 0.3) is 0 Å². The van der Waals surface area contributed by atoms with E-state index in [1.54, 1.807) is 0 Å². The van der Waals surface area contributed by atoms with E-state index in [1.807, 2.05) is 0 Å². The highest BCUT2D eigenvalue weighted by Gasteiger charge is 2.32. The molecule has 1 aromatic rings. The maximum Gasteiger partial charge on any atom is 0.138 e. The van der Waals surface area contributed by atoms with Crippen LogP contribution in [-0.4, -0.2) is 31.6 Å². The van der Waals surface area contributed by atoms with E-state index in [-0.39, 0.29) is 0 Å². The Morgan fingerprint density at radius 3 is 2.68 bits per heavy atom. The molecule has 1 saturated heterocycles. The quantitative estimate of drug-likeness (QED) is 0.858. The Hall–Kier alpha value is -0.580. The van der Waals surface area contributed by atoms with Gasteiger partial charge in [-0.2, -0.15) is 0 Å². The van der Waals surface area contributed by atoms with Crippen molar-refractivity contribution < 1.29 is 4.74 Å². The highest BCUT2D eigenvalue weighted by Crippen LogP contribution is 2.42. The predicted molar refractivity (Wildman–Crippen MR) is 94.2 cm³/mol. The van der Waals surface area contributed by atoms with Crippen LogP contribution < -0.4 is 10.5 Å². The molecule has 2 fully saturated rings. The minimum absolute atomic E-state index is 0.418. The lowest BCUT2D eigenvalue weighted by atomic mass is 9.86. The minimum atomic E-state index is 0.418. The summed E-state index contributed by atoms with van der Waals surface area (Å²) in [6, 6.07) is 4.87. The van der Waals surface area contributed by atoms with Gasteiger partial charge < -0.3 is 10.5 Å². The zero-order valence-corrected chi connectivity index (χ0v) is 15.2. The maximum absolute atomic E-state index is 6.25. The third-order valence-electron chi connectivity index (χ3n) is 5.23. The fraction of sp³-hybridized carbons (Fsp3) is 0.667. The lowest BCUT2D eigenvalue weighted by Crippen LogP contribution is -2.22. The molecule has 2 atom stereocenters. The van der Waals surface area contributed by atoms with E-state index in [2.05, 4.69) is 46.9 Å². The molecule has 0 amide bonds. The number of nitrogens with zero attached hydrogens (tertiary/aromatic N) is 1. The van der Waals surface area contributed by atoms with Crippen LogP contribution in [0.2, 0.25) is 0 Å². The van der Waals surface area contributed by atoms with Crippen LogP contribution >= 0.6 is 15.9 Å². The Morgan fingerprint density at radius 1 is 1.32 bits per heavy atom. The van der Waals surface area contributed by atoms with E-state index in [0.29, 0.717) is 12.0 Å². The van der Waals surface area contributed by atoms with Gasteiger partial charge in [0.1, 0.15) is 5.75 Å². The number of aryl methyl sites for hydroxylation is 1. The molecule has 2 N–H and O–H groups in total. The van der Waals surface area contributed by atoms with Crippen LogP contribution in [0.15, 0.2) is 16.6 Å². The summed E-state index contributed by atoms with van der Waals surface area (Å²) in [5, 5.41) is 0. The van der Waals surface area contributed by atoms with Crippen molar-refractivity contribution in [3.8, 4) is 5.75 Å². The van der Waals surface area contributed by atoms with Crippen molar-refractivity contribution >= 4 is 15.9 Å². The first-order valence-electron chi connectivity index (χ1n) is 8.41. The summed E-state index contributed by atoms with van der Waals surface area (Å²) >= 11 is 3.72. The highest BCUT2D eigenvalue weighted by molar-refractivity contribution is 9.10. The lowest BCUT2D eigenvalue weighted by molar-refractivity contribution is 0.175. The molecule has 1 aliphatic carbocycles. The van der Waals surface area contributed by atoms with E-state index in [9.17, 15) is 0 Å². The SMILES string of the molecule is Cc1cc(Br)c(OCC2CCC2)c(C2CC(CN)CN2C)c1. The average Bonchev–Trinajstić information content (AvgIpc) is 2.80. The molecular formula is C18H27BrN2O. The van der Waals surface area contributed by atoms with Crippen LogP contribution in [0, 0.1) is 18.8 Å². The van der Waals surface area contributed by atoms with Gasteiger partial charge in [0, 0.05) is 18.2 Å².